The van der Waals surface area contributed by atoms with E-state index in [9.17, 15) is 0 Å². The zero-order chi connectivity index (χ0) is 9.35. The number of halogens is 2. The third-order valence-corrected chi connectivity index (χ3v) is 1.89. The van der Waals surface area contributed by atoms with Crippen LogP contribution in [-0.2, 0) is 0 Å². The summed E-state index contributed by atoms with van der Waals surface area (Å²) in [5.74, 6) is 0. The van der Waals surface area contributed by atoms with Crippen molar-refractivity contribution in [3.8, 4) is 0 Å². The van der Waals surface area contributed by atoms with Gasteiger partial charge in [-0.1, -0.05) is 0 Å². The highest BCUT2D eigenvalue weighted by Gasteiger charge is 1.93. The maximum atomic E-state index is 7.13. The van der Waals surface area contributed by atoms with E-state index in [1.807, 2.05) is 0 Å². The first-order chi connectivity index (χ1) is 5.41. The molecule has 1 rings (SSSR count). The molecular weight excluding hydrogens is 246 g/mol. The first-order valence-electron chi connectivity index (χ1n) is 3.74. The van der Waals surface area contributed by atoms with Crippen molar-refractivity contribution < 1.29 is 4.11 Å². The average Bonchev–Trinajstić information content (AvgIpc) is 1.92. The summed E-state index contributed by atoms with van der Waals surface area (Å²) in [5.41, 5.74) is 0.0804. The molecule has 0 saturated heterocycles. The molecular formula is C6H5Br2N. The molecule has 0 fully saturated rings. The van der Waals surface area contributed by atoms with Crippen molar-refractivity contribution in [1.29, 1.82) is 0 Å². The van der Waals surface area contributed by atoms with E-state index in [0.29, 0.717) is 9.08 Å². The number of rotatable bonds is 0. The molecule has 0 saturated carbocycles. The summed E-state index contributed by atoms with van der Waals surface area (Å²) in [6.07, 6.45) is 0. The number of hydrogen-bond acceptors (Lipinski definition) is 1. The topological polar surface area (TPSA) is 12.9 Å². The van der Waals surface area contributed by atoms with E-state index < -0.39 is 6.85 Å². The van der Waals surface area contributed by atoms with Crippen molar-refractivity contribution in [3.63, 3.8) is 0 Å². The Morgan fingerprint density at radius 1 is 1.56 bits per heavy atom. The highest BCUT2D eigenvalue weighted by atomic mass is 79.9. The summed E-state index contributed by atoms with van der Waals surface area (Å²) in [6, 6.07) is 3.33. The predicted molar refractivity (Wildman–Crippen MR) is 44.4 cm³/mol. The van der Waals surface area contributed by atoms with Crippen LogP contribution in [0.3, 0.4) is 0 Å². The Labute approximate surface area is 75.0 Å². The van der Waals surface area contributed by atoms with Gasteiger partial charge in [-0.3, -0.25) is 0 Å². The van der Waals surface area contributed by atoms with Crippen LogP contribution in [0.4, 0.5) is 0 Å². The fraction of sp³-hybridized carbons (Fsp3) is 0.167. The Morgan fingerprint density at radius 2 is 2.33 bits per heavy atom. The normalized spacial score (nSPS) is 16.0. The first kappa shape index (κ1) is 4.09. The molecule has 0 aliphatic carbocycles. The van der Waals surface area contributed by atoms with Gasteiger partial charge in [-0.2, -0.15) is 0 Å². The van der Waals surface area contributed by atoms with E-state index >= 15 is 0 Å². The fourth-order valence-electron chi connectivity index (χ4n) is 0.418. The van der Waals surface area contributed by atoms with Gasteiger partial charge < -0.3 is 0 Å². The molecule has 1 nitrogen and oxygen atoms in total. The van der Waals surface area contributed by atoms with E-state index in [4.69, 9.17) is 4.11 Å². The second-order valence-electron chi connectivity index (χ2n) is 1.46. The molecule has 9 heavy (non-hydrogen) atoms. The minimum Gasteiger partial charge on any atom is -0.245 e. The molecule has 0 spiro atoms. The monoisotopic (exact) mass is 252 g/mol. The van der Waals surface area contributed by atoms with Crippen molar-refractivity contribution in [2.45, 2.75) is 6.85 Å². The van der Waals surface area contributed by atoms with Crippen LogP contribution < -0.4 is 0 Å². The van der Waals surface area contributed by atoms with Crippen LogP contribution in [0.5, 0.6) is 0 Å². The molecule has 0 amide bonds. The predicted octanol–water partition coefficient (Wildman–Crippen LogP) is 2.92. The fourth-order valence-corrected chi connectivity index (χ4v) is 0.949. The molecule has 1 aromatic rings. The molecule has 3 heteroatoms. The summed E-state index contributed by atoms with van der Waals surface area (Å²) < 4.78 is 22.4. The molecule has 1 aromatic heterocycles. The molecule has 0 atom stereocenters. The first-order valence-corrected chi connectivity index (χ1v) is 3.82. The second-order valence-corrected chi connectivity index (χ2v) is 3.13. The quantitative estimate of drug-likeness (QED) is 0.648. The van der Waals surface area contributed by atoms with Gasteiger partial charge in [0.25, 0.3) is 0 Å². The van der Waals surface area contributed by atoms with E-state index in [2.05, 4.69) is 36.8 Å². The van der Waals surface area contributed by atoms with Gasteiger partial charge >= 0.3 is 0 Å². The number of nitrogens with zero attached hydrogens (tertiary/aromatic N) is 1. The molecule has 0 radical (unpaired) electrons. The zero-order valence-corrected chi connectivity index (χ0v) is 7.53. The Balaban J connectivity index is 3.23. The van der Waals surface area contributed by atoms with Crippen LogP contribution in [0.25, 0.3) is 0 Å². The smallest absolute Gasteiger partial charge is 0.106 e. The lowest BCUT2D eigenvalue weighted by atomic mass is 10.4. The minimum atomic E-state index is -2.16. The number of aryl methyl sites for hydroxylation is 1. The van der Waals surface area contributed by atoms with Gasteiger partial charge in [0.15, 0.2) is 0 Å². The number of hydrogen-bond donors (Lipinski definition) is 0. The van der Waals surface area contributed by atoms with Crippen LogP contribution in [0.15, 0.2) is 21.2 Å². The van der Waals surface area contributed by atoms with E-state index in [0.717, 1.165) is 0 Å². The standard InChI is InChI=1S/C6H5Br2N/c1-4-5(7)2-3-6(8)9-4/h2-3H,1H3/i1D3. The van der Waals surface area contributed by atoms with Crippen molar-refractivity contribution in [2.24, 2.45) is 0 Å². The lowest BCUT2D eigenvalue weighted by Gasteiger charge is -1.94. The van der Waals surface area contributed by atoms with Crippen LogP contribution in [0.1, 0.15) is 9.81 Å². The Morgan fingerprint density at radius 3 is 2.89 bits per heavy atom. The number of aromatic nitrogens is 1. The third kappa shape index (κ3) is 1.76. The van der Waals surface area contributed by atoms with Gasteiger partial charge in [-0.25, -0.2) is 4.98 Å². The summed E-state index contributed by atoms with van der Waals surface area (Å²) in [7, 11) is 0. The lowest BCUT2D eigenvalue weighted by Crippen LogP contribution is -1.81. The van der Waals surface area contributed by atoms with Crippen LogP contribution >= 0.6 is 31.9 Å². The van der Waals surface area contributed by atoms with E-state index in [1.165, 1.54) is 0 Å². The van der Waals surface area contributed by atoms with Gasteiger partial charge in [0.05, 0.1) is 5.69 Å². The molecule has 0 aliphatic heterocycles. The van der Waals surface area contributed by atoms with Crippen LogP contribution in [0.2, 0.25) is 0 Å². The average molecular weight is 254 g/mol. The summed E-state index contributed by atoms with van der Waals surface area (Å²) in [4.78, 5) is 3.85. The van der Waals surface area contributed by atoms with E-state index in [1.54, 1.807) is 12.1 Å². The second kappa shape index (κ2) is 2.80. The van der Waals surface area contributed by atoms with Crippen molar-refractivity contribution in [1.82, 2.24) is 4.98 Å². The minimum absolute atomic E-state index is 0.0804. The molecule has 0 bridgehead atoms. The molecule has 0 aromatic carbocycles. The third-order valence-electron chi connectivity index (χ3n) is 0.812. The number of pyridine rings is 1. The van der Waals surface area contributed by atoms with Crippen LogP contribution in [0, 0.1) is 6.85 Å². The lowest BCUT2D eigenvalue weighted by molar-refractivity contribution is 1.15. The highest BCUT2D eigenvalue weighted by molar-refractivity contribution is 9.11. The largest absolute Gasteiger partial charge is 0.245 e. The SMILES string of the molecule is [2H]C([2H])([2H])c1nc(Br)ccc1Br. The summed E-state index contributed by atoms with van der Waals surface area (Å²) in [5, 5.41) is 0. The summed E-state index contributed by atoms with van der Waals surface area (Å²) >= 11 is 6.23. The van der Waals surface area contributed by atoms with Crippen molar-refractivity contribution in [3.05, 3.63) is 26.9 Å². The molecule has 0 unspecified atom stereocenters. The van der Waals surface area contributed by atoms with Gasteiger partial charge in [0, 0.05) is 8.58 Å². The zero-order valence-electron chi connectivity index (χ0n) is 7.36. The van der Waals surface area contributed by atoms with Gasteiger partial charge in [0.2, 0.25) is 0 Å². The molecule has 0 aliphatic rings. The Hall–Kier alpha value is 0.110. The maximum absolute atomic E-state index is 7.13. The van der Waals surface area contributed by atoms with E-state index in [-0.39, 0.29) is 5.69 Å². The van der Waals surface area contributed by atoms with Crippen molar-refractivity contribution in [2.75, 3.05) is 0 Å². The Bertz CT molecular complexity index is 297. The van der Waals surface area contributed by atoms with Gasteiger partial charge in [0.1, 0.15) is 4.60 Å². The highest BCUT2D eigenvalue weighted by Crippen LogP contribution is 2.15. The van der Waals surface area contributed by atoms with Crippen molar-refractivity contribution >= 4 is 31.9 Å². The summed E-state index contributed by atoms with van der Waals surface area (Å²) in [6.45, 7) is -2.16. The van der Waals surface area contributed by atoms with Gasteiger partial charge in [-0.05, 0) is 50.8 Å². The van der Waals surface area contributed by atoms with Gasteiger partial charge in [-0.15, -0.1) is 0 Å². The Kier molecular flexibility index (Phi) is 1.27. The molecule has 1 heterocycles. The maximum Gasteiger partial charge on any atom is 0.106 e. The molecule has 48 valence electrons. The van der Waals surface area contributed by atoms with Crippen LogP contribution in [-0.4, -0.2) is 4.98 Å². The molecule has 0 N–H and O–H groups in total.